The van der Waals surface area contributed by atoms with Crippen LogP contribution >= 0.6 is 0 Å². The number of nitrogens with zero attached hydrogens (tertiary/aromatic N) is 1. The Labute approximate surface area is 402 Å². The van der Waals surface area contributed by atoms with Gasteiger partial charge >= 0.3 is 11.9 Å². The monoisotopic (exact) mass is 916 g/mol. The van der Waals surface area contributed by atoms with E-state index in [1.165, 1.54) is 173 Å². The summed E-state index contributed by atoms with van der Waals surface area (Å²) in [6.45, 7) is 4.67. The van der Waals surface area contributed by atoms with Crippen LogP contribution < -0.4 is 5.11 Å². The maximum absolute atomic E-state index is 12.8. The number of unbranched alkanes of at least 4 members (excludes halogenated alkanes) is 30. The number of carboxylic acid groups (broad SMARTS) is 1. The van der Waals surface area contributed by atoms with Crippen molar-refractivity contribution in [2.24, 2.45) is 0 Å². The summed E-state index contributed by atoms with van der Waals surface area (Å²) in [5.74, 6) is -1.73. The quantitative estimate of drug-likeness (QED) is 0.0259. The first kappa shape index (κ1) is 62.5. The summed E-state index contributed by atoms with van der Waals surface area (Å²) in [5.41, 5.74) is 0. The second-order valence-electron chi connectivity index (χ2n) is 19.8. The van der Waals surface area contributed by atoms with E-state index in [0.717, 1.165) is 51.4 Å². The molecule has 0 rings (SSSR count). The van der Waals surface area contributed by atoms with Crippen LogP contribution in [0.4, 0.5) is 0 Å². The fourth-order valence-electron chi connectivity index (χ4n) is 8.22. The summed E-state index contributed by atoms with van der Waals surface area (Å²) in [7, 11) is 5.42. The van der Waals surface area contributed by atoms with Crippen molar-refractivity contribution < 1.29 is 38.2 Å². The Morgan fingerprint density at radius 1 is 0.462 bits per heavy atom. The molecule has 0 aromatic heterocycles. The number of likely N-dealkylation sites (N-methyl/N-ethyl adjacent to an activating group) is 1. The number of allylic oxidation sites excluding steroid dienone is 6. The van der Waals surface area contributed by atoms with Gasteiger partial charge in [-0.1, -0.05) is 204 Å². The van der Waals surface area contributed by atoms with Gasteiger partial charge < -0.3 is 28.6 Å². The fourth-order valence-corrected chi connectivity index (χ4v) is 8.22. The lowest BCUT2D eigenvalue weighted by atomic mass is 10.0. The number of ether oxygens (including phenoxy) is 3. The Bertz CT molecular complexity index is 1160. The van der Waals surface area contributed by atoms with E-state index in [0.29, 0.717) is 12.8 Å². The van der Waals surface area contributed by atoms with Gasteiger partial charge in [-0.2, -0.15) is 0 Å². The van der Waals surface area contributed by atoms with Crippen LogP contribution in [-0.4, -0.2) is 75.5 Å². The molecular weight excluding hydrogens is 811 g/mol. The van der Waals surface area contributed by atoms with Crippen LogP contribution in [0.15, 0.2) is 36.5 Å². The minimum Gasteiger partial charge on any atom is -0.544 e. The summed E-state index contributed by atoms with van der Waals surface area (Å²) in [4.78, 5) is 37.1. The molecule has 0 saturated carbocycles. The molecule has 0 N–H and O–H groups in total. The molecule has 0 radical (unpaired) electrons. The second-order valence-corrected chi connectivity index (χ2v) is 19.8. The van der Waals surface area contributed by atoms with Crippen molar-refractivity contribution in [2.75, 3.05) is 41.0 Å². The zero-order chi connectivity index (χ0) is 47.7. The normalized spacial score (nSPS) is 13.1. The smallest absolute Gasteiger partial charge is 0.306 e. The molecule has 0 aromatic carbocycles. The summed E-state index contributed by atoms with van der Waals surface area (Å²) in [6, 6.07) is -0.727. The summed E-state index contributed by atoms with van der Waals surface area (Å²) >= 11 is 0. The lowest BCUT2D eigenvalue weighted by Crippen LogP contribution is -2.55. The number of quaternary nitrogens is 1. The zero-order valence-corrected chi connectivity index (χ0v) is 43.4. The van der Waals surface area contributed by atoms with Crippen LogP contribution in [0.25, 0.3) is 0 Å². The predicted octanol–water partition coefficient (Wildman–Crippen LogP) is 14.8. The third kappa shape index (κ3) is 46.4. The van der Waals surface area contributed by atoms with Gasteiger partial charge in [0.1, 0.15) is 12.6 Å². The van der Waals surface area contributed by atoms with Crippen molar-refractivity contribution in [1.29, 1.82) is 0 Å². The molecule has 0 bridgehead atoms. The molecular formula is C57H105NO7. The van der Waals surface area contributed by atoms with Gasteiger partial charge in [-0.15, -0.1) is 0 Å². The second kappa shape index (κ2) is 48.0. The van der Waals surface area contributed by atoms with Crippen molar-refractivity contribution in [3.8, 4) is 0 Å². The molecule has 2 unspecified atom stereocenters. The van der Waals surface area contributed by atoms with Gasteiger partial charge in [-0.05, 0) is 70.6 Å². The number of hydrogen-bond acceptors (Lipinski definition) is 7. The van der Waals surface area contributed by atoms with Crippen LogP contribution in [0, 0.1) is 0 Å². The summed E-state index contributed by atoms with van der Waals surface area (Å²) in [5, 5.41) is 11.7. The van der Waals surface area contributed by atoms with E-state index in [-0.39, 0.29) is 42.7 Å². The number of hydrogen-bond donors (Lipinski definition) is 0. The minimum atomic E-state index is -1.12. The van der Waals surface area contributed by atoms with Crippen LogP contribution in [0.5, 0.6) is 0 Å². The van der Waals surface area contributed by atoms with E-state index in [9.17, 15) is 19.5 Å². The Hall–Kier alpha value is -2.45. The van der Waals surface area contributed by atoms with E-state index in [1.807, 2.05) is 21.1 Å². The lowest BCUT2D eigenvalue weighted by Gasteiger charge is -2.34. The number of carbonyl (C=O) groups is 3. The molecule has 0 aromatic rings. The van der Waals surface area contributed by atoms with Crippen molar-refractivity contribution in [3.05, 3.63) is 36.5 Å². The van der Waals surface area contributed by atoms with Crippen molar-refractivity contribution in [3.63, 3.8) is 0 Å². The summed E-state index contributed by atoms with van der Waals surface area (Å²) in [6.07, 6.45) is 57.5. The molecule has 0 aliphatic rings. The number of rotatable bonds is 50. The molecule has 65 heavy (non-hydrogen) atoms. The topological polar surface area (TPSA) is 102 Å². The molecule has 0 spiro atoms. The minimum absolute atomic E-state index is 0.0394. The molecule has 8 nitrogen and oxygen atoms in total. The molecule has 2 atom stereocenters. The van der Waals surface area contributed by atoms with Gasteiger partial charge in [0.15, 0.2) is 6.10 Å². The van der Waals surface area contributed by atoms with Crippen LogP contribution in [0.1, 0.15) is 258 Å². The van der Waals surface area contributed by atoms with Gasteiger partial charge in [-0.25, -0.2) is 0 Å². The van der Waals surface area contributed by atoms with Crippen LogP contribution in [-0.2, 0) is 28.6 Å². The number of esters is 2. The highest BCUT2D eigenvalue weighted by molar-refractivity contribution is 5.70. The van der Waals surface area contributed by atoms with Gasteiger partial charge in [0.2, 0.25) is 0 Å². The van der Waals surface area contributed by atoms with Crippen molar-refractivity contribution in [2.45, 2.75) is 270 Å². The average molecular weight is 916 g/mol. The van der Waals surface area contributed by atoms with Crippen LogP contribution in [0.3, 0.4) is 0 Å². The molecule has 0 amide bonds. The fraction of sp³-hybridized carbons (Fsp3) is 0.842. The van der Waals surface area contributed by atoms with E-state index in [4.69, 9.17) is 14.2 Å². The zero-order valence-electron chi connectivity index (χ0n) is 43.4. The van der Waals surface area contributed by atoms with Gasteiger partial charge in [-0.3, -0.25) is 9.59 Å². The maximum atomic E-state index is 12.8. The molecule has 0 aliphatic carbocycles. The molecule has 0 fully saturated rings. The first-order valence-corrected chi connectivity index (χ1v) is 27.5. The van der Waals surface area contributed by atoms with E-state index >= 15 is 0 Å². The molecule has 0 saturated heterocycles. The molecule has 0 heterocycles. The number of carbonyl (C=O) groups excluding carboxylic acids is 3. The van der Waals surface area contributed by atoms with Gasteiger partial charge in [0, 0.05) is 19.3 Å². The first-order valence-electron chi connectivity index (χ1n) is 27.5. The highest BCUT2D eigenvalue weighted by atomic mass is 16.6. The van der Waals surface area contributed by atoms with Gasteiger partial charge in [0.25, 0.3) is 0 Å². The predicted molar refractivity (Wildman–Crippen MR) is 273 cm³/mol. The molecule has 8 heteroatoms. The Balaban J connectivity index is 4.18. The first-order chi connectivity index (χ1) is 31.6. The third-order valence-electron chi connectivity index (χ3n) is 12.5. The Morgan fingerprint density at radius 3 is 1.22 bits per heavy atom. The van der Waals surface area contributed by atoms with Crippen LogP contribution in [0.2, 0.25) is 0 Å². The molecule has 0 aliphatic heterocycles. The maximum Gasteiger partial charge on any atom is 0.306 e. The lowest BCUT2D eigenvalue weighted by molar-refractivity contribution is -0.889. The van der Waals surface area contributed by atoms with E-state index in [2.05, 4.69) is 50.3 Å². The highest BCUT2D eigenvalue weighted by Crippen LogP contribution is 2.16. The van der Waals surface area contributed by atoms with Gasteiger partial charge in [0.05, 0.1) is 40.3 Å². The average Bonchev–Trinajstić information content (AvgIpc) is 3.27. The third-order valence-corrected chi connectivity index (χ3v) is 12.5. The standard InChI is InChI=1S/C57H105NO7/c1-6-8-10-12-14-16-18-20-22-24-26-27-28-29-30-32-33-35-37-39-41-43-45-47-55(59)64-52-53(51-63-50-49-54(57(61)62)58(3,4)5)65-56(60)48-46-44-42-40-38-36-34-31-25-23-21-19-17-15-13-11-9-7-2/h17,19,23-26,53-54H,6-16,18,20-22,27-52H2,1-5H3/b19-17-,25-23-,26-24-. The van der Waals surface area contributed by atoms with E-state index < -0.39 is 18.1 Å². The highest BCUT2D eigenvalue weighted by Gasteiger charge is 2.25. The van der Waals surface area contributed by atoms with Crippen molar-refractivity contribution in [1.82, 2.24) is 0 Å². The van der Waals surface area contributed by atoms with Crippen molar-refractivity contribution >= 4 is 17.9 Å². The SMILES string of the molecule is CCCCCC/C=C\C/C=C\CCCCCCCCCC(=O)OC(COCCC(C(=O)[O-])[N+](C)(C)C)COC(=O)CCCCCCCCCCCCC/C=C\CCCCCCCCCC. The Morgan fingerprint density at radius 2 is 0.815 bits per heavy atom. The number of aliphatic carboxylic acids is 1. The summed E-state index contributed by atoms with van der Waals surface area (Å²) < 4.78 is 17.3. The number of carboxylic acids is 1. The largest absolute Gasteiger partial charge is 0.544 e. The Kier molecular flexibility index (Phi) is 46.2. The van der Waals surface area contributed by atoms with E-state index in [1.54, 1.807) is 0 Å². The molecule has 380 valence electrons.